The monoisotopic (exact) mass is 265 g/mol. The molecule has 1 aromatic heterocycles. The number of aliphatic hydroxyl groups excluding tert-OH is 1. The molecular formula is C13H19N3O3. The molecular weight excluding hydrogens is 246 g/mol. The van der Waals surface area contributed by atoms with E-state index in [0.717, 1.165) is 0 Å². The Balaban J connectivity index is 2.21. The number of hydrogen-bond acceptors (Lipinski definition) is 5. The third-order valence-electron chi connectivity index (χ3n) is 3.19. The van der Waals surface area contributed by atoms with Crippen LogP contribution < -0.4 is 5.73 Å². The number of pyridine rings is 1. The number of anilines is 1. The Morgan fingerprint density at radius 2 is 2.37 bits per heavy atom. The zero-order valence-electron chi connectivity index (χ0n) is 11.2. The van der Waals surface area contributed by atoms with Gasteiger partial charge < -0.3 is 20.5 Å². The van der Waals surface area contributed by atoms with Crippen molar-refractivity contribution in [2.75, 3.05) is 25.5 Å². The van der Waals surface area contributed by atoms with Crippen LogP contribution >= 0.6 is 0 Å². The maximum atomic E-state index is 12.5. The first-order valence-corrected chi connectivity index (χ1v) is 6.29. The summed E-state index contributed by atoms with van der Waals surface area (Å²) in [5.74, 6) is 0.231. The van der Waals surface area contributed by atoms with Crippen molar-refractivity contribution in [3.05, 3.63) is 23.4 Å². The number of aromatic nitrogens is 1. The van der Waals surface area contributed by atoms with Crippen LogP contribution in [0.25, 0.3) is 0 Å². The van der Waals surface area contributed by atoms with E-state index in [1.165, 1.54) is 0 Å². The number of carbonyl (C=O) groups is 1. The summed E-state index contributed by atoms with van der Waals surface area (Å²) in [4.78, 5) is 18.2. The normalized spacial score (nSPS) is 23.4. The van der Waals surface area contributed by atoms with Crippen molar-refractivity contribution >= 4 is 11.7 Å². The largest absolute Gasteiger partial charge is 0.394 e. The van der Waals surface area contributed by atoms with Crippen molar-refractivity contribution in [1.82, 2.24) is 9.88 Å². The lowest BCUT2D eigenvalue weighted by Gasteiger charge is -2.37. The van der Waals surface area contributed by atoms with Crippen LogP contribution in [0.1, 0.15) is 23.0 Å². The van der Waals surface area contributed by atoms with Crippen LogP contribution in [0.5, 0.6) is 0 Å². The van der Waals surface area contributed by atoms with Crippen molar-refractivity contribution in [3.8, 4) is 0 Å². The summed E-state index contributed by atoms with van der Waals surface area (Å²) in [7, 11) is 0. The van der Waals surface area contributed by atoms with Gasteiger partial charge in [0.25, 0.3) is 5.91 Å². The molecule has 0 saturated carbocycles. The SMILES string of the molecule is Cc1cc(C(=O)N2CC(CO)OCC2C)cc(N)n1. The van der Waals surface area contributed by atoms with Crippen LogP contribution in [0.15, 0.2) is 12.1 Å². The molecule has 19 heavy (non-hydrogen) atoms. The Hall–Kier alpha value is -1.66. The fraction of sp³-hybridized carbons (Fsp3) is 0.538. The number of ether oxygens (including phenoxy) is 1. The van der Waals surface area contributed by atoms with Gasteiger partial charge in [-0.3, -0.25) is 4.79 Å². The molecule has 1 aliphatic heterocycles. The number of aryl methyl sites for hydroxylation is 1. The van der Waals surface area contributed by atoms with Gasteiger partial charge in [0.1, 0.15) is 5.82 Å². The van der Waals surface area contributed by atoms with Crippen LogP contribution in [0, 0.1) is 6.92 Å². The average Bonchev–Trinajstić information content (AvgIpc) is 2.37. The van der Waals surface area contributed by atoms with Gasteiger partial charge in [-0.05, 0) is 26.0 Å². The summed E-state index contributed by atoms with van der Waals surface area (Å²) >= 11 is 0. The zero-order chi connectivity index (χ0) is 14.0. The minimum Gasteiger partial charge on any atom is -0.394 e. The first-order valence-electron chi connectivity index (χ1n) is 6.29. The molecule has 2 unspecified atom stereocenters. The molecule has 1 saturated heterocycles. The molecule has 0 radical (unpaired) electrons. The van der Waals surface area contributed by atoms with Crippen molar-refractivity contribution < 1.29 is 14.6 Å². The van der Waals surface area contributed by atoms with Crippen molar-refractivity contribution in [1.29, 1.82) is 0 Å². The first-order chi connectivity index (χ1) is 9.01. The number of nitrogens with two attached hydrogens (primary N) is 1. The minimum absolute atomic E-state index is 0.0232. The van der Waals surface area contributed by atoms with Crippen molar-refractivity contribution in [3.63, 3.8) is 0 Å². The molecule has 0 aliphatic carbocycles. The van der Waals surface area contributed by atoms with Gasteiger partial charge in [-0.25, -0.2) is 4.98 Å². The fourth-order valence-corrected chi connectivity index (χ4v) is 2.19. The van der Waals surface area contributed by atoms with Gasteiger partial charge >= 0.3 is 0 Å². The van der Waals surface area contributed by atoms with Gasteiger partial charge in [0, 0.05) is 17.8 Å². The topological polar surface area (TPSA) is 88.7 Å². The standard InChI is InChI=1S/C13H19N3O3/c1-8-3-10(4-12(14)15-8)13(18)16-5-11(6-17)19-7-9(16)2/h3-4,9,11,17H,5-7H2,1-2H3,(H2,14,15). The third-order valence-corrected chi connectivity index (χ3v) is 3.19. The number of aliphatic hydroxyl groups is 1. The predicted molar refractivity (Wildman–Crippen MR) is 70.7 cm³/mol. The highest BCUT2D eigenvalue weighted by Crippen LogP contribution is 2.17. The Morgan fingerprint density at radius 1 is 1.63 bits per heavy atom. The van der Waals surface area contributed by atoms with Crippen molar-refractivity contribution in [2.24, 2.45) is 0 Å². The lowest BCUT2D eigenvalue weighted by molar-refractivity contribution is -0.0667. The Kier molecular flexibility index (Phi) is 4.01. The van der Waals surface area contributed by atoms with E-state index in [1.807, 2.05) is 6.92 Å². The molecule has 2 rings (SSSR count). The summed E-state index contributed by atoms with van der Waals surface area (Å²) in [5.41, 5.74) is 6.90. The molecule has 1 amide bonds. The molecule has 6 heteroatoms. The molecule has 2 atom stereocenters. The number of rotatable bonds is 2. The fourth-order valence-electron chi connectivity index (χ4n) is 2.19. The molecule has 6 nitrogen and oxygen atoms in total. The van der Waals surface area contributed by atoms with Crippen molar-refractivity contribution in [2.45, 2.75) is 26.0 Å². The quantitative estimate of drug-likeness (QED) is 0.797. The van der Waals surface area contributed by atoms with E-state index < -0.39 is 0 Å². The molecule has 1 aromatic rings. The van der Waals surface area contributed by atoms with Crippen LogP contribution in [0.3, 0.4) is 0 Å². The summed E-state index contributed by atoms with van der Waals surface area (Å²) in [6.45, 7) is 4.44. The summed E-state index contributed by atoms with van der Waals surface area (Å²) < 4.78 is 5.42. The lowest BCUT2D eigenvalue weighted by Crippen LogP contribution is -2.52. The Labute approximate surface area is 112 Å². The Bertz CT molecular complexity index is 458. The van der Waals surface area contributed by atoms with Gasteiger partial charge in [0.05, 0.1) is 25.4 Å². The number of carbonyl (C=O) groups excluding carboxylic acids is 1. The van der Waals surface area contributed by atoms with E-state index in [2.05, 4.69) is 4.98 Å². The van der Waals surface area contributed by atoms with Gasteiger partial charge in [-0.2, -0.15) is 0 Å². The molecule has 3 N–H and O–H groups in total. The number of nitrogen functional groups attached to an aromatic ring is 1. The smallest absolute Gasteiger partial charge is 0.254 e. The zero-order valence-corrected chi connectivity index (χ0v) is 11.2. The molecule has 0 bridgehead atoms. The second-order valence-electron chi connectivity index (χ2n) is 4.87. The molecule has 2 heterocycles. The highest BCUT2D eigenvalue weighted by atomic mass is 16.5. The van der Waals surface area contributed by atoms with Crippen LogP contribution in [-0.4, -0.2) is 52.8 Å². The second kappa shape index (κ2) is 5.54. The summed E-state index contributed by atoms with van der Waals surface area (Å²) in [5, 5.41) is 9.14. The number of nitrogens with zero attached hydrogens (tertiary/aromatic N) is 2. The van der Waals surface area contributed by atoms with E-state index >= 15 is 0 Å². The third kappa shape index (κ3) is 3.02. The highest BCUT2D eigenvalue weighted by molar-refractivity contribution is 5.95. The van der Waals surface area contributed by atoms with Gasteiger partial charge in [0.15, 0.2) is 0 Å². The van der Waals surface area contributed by atoms with E-state index in [-0.39, 0.29) is 24.7 Å². The highest BCUT2D eigenvalue weighted by Gasteiger charge is 2.30. The van der Waals surface area contributed by atoms with E-state index in [9.17, 15) is 4.79 Å². The molecule has 104 valence electrons. The maximum Gasteiger partial charge on any atom is 0.254 e. The van der Waals surface area contributed by atoms with Crippen LogP contribution in [-0.2, 0) is 4.74 Å². The van der Waals surface area contributed by atoms with Gasteiger partial charge in [-0.1, -0.05) is 0 Å². The van der Waals surface area contributed by atoms with E-state index in [0.29, 0.717) is 30.2 Å². The van der Waals surface area contributed by atoms with E-state index in [1.54, 1.807) is 24.0 Å². The maximum absolute atomic E-state index is 12.5. The predicted octanol–water partition coefficient (Wildman–Crippen LogP) is 0.194. The lowest BCUT2D eigenvalue weighted by atomic mass is 10.1. The van der Waals surface area contributed by atoms with Crippen LogP contribution in [0.2, 0.25) is 0 Å². The van der Waals surface area contributed by atoms with Gasteiger partial charge in [0.2, 0.25) is 0 Å². The minimum atomic E-state index is -0.319. The summed E-state index contributed by atoms with van der Waals surface area (Å²) in [6, 6.07) is 3.27. The molecule has 0 spiro atoms. The van der Waals surface area contributed by atoms with Crippen LogP contribution in [0.4, 0.5) is 5.82 Å². The Morgan fingerprint density at radius 3 is 3.00 bits per heavy atom. The average molecular weight is 265 g/mol. The number of amides is 1. The molecule has 0 aromatic carbocycles. The van der Waals surface area contributed by atoms with E-state index in [4.69, 9.17) is 15.6 Å². The molecule has 1 fully saturated rings. The summed E-state index contributed by atoms with van der Waals surface area (Å²) in [6.07, 6.45) is -0.319. The number of morpholine rings is 1. The number of hydrogen-bond donors (Lipinski definition) is 2. The van der Waals surface area contributed by atoms with Gasteiger partial charge in [-0.15, -0.1) is 0 Å². The second-order valence-corrected chi connectivity index (χ2v) is 4.87. The first kappa shape index (κ1) is 13.8. The molecule has 1 aliphatic rings.